The lowest BCUT2D eigenvalue weighted by Crippen LogP contribution is -2.25. The van der Waals surface area contributed by atoms with Gasteiger partial charge in [0.2, 0.25) is 5.91 Å². The second-order valence-electron chi connectivity index (χ2n) is 9.61. The first-order valence-electron chi connectivity index (χ1n) is 11.5. The number of anilines is 1. The number of nitrogens with one attached hydrogen (secondary N) is 1. The number of amides is 1. The molecular weight excluding hydrogens is 405 g/mol. The second-order valence-corrected chi connectivity index (χ2v) is 9.61. The third-order valence-corrected chi connectivity index (χ3v) is 7.47. The number of carbonyl (C=O) groups is 1. The number of nitrogens with zero attached hydrogens (tertiary/aromatic N) is 2. The van der Waals surface area contributed by atoms with Crippen molar-refractivity contribution in [1.29, 1.82) is 0 Å². The van der Waals surface area contributed by atoms with E-state index in [-0.39, 0.29) is 23.7 Å². The third-order valence-electron chi connectivity index (χ3n) is 7.47. The molecule has 0 bridgehead atoms. The van der Waals surface area contributed by atoms with Gasteiger partial charge in [0.1, 0.15) is 11.6 Å². The Kier molecular flexibility index (Phi) is 4.63. The molecule has 1 aromatic carbocycles. The van der Waals surface area contributed by atoms with Gasteiger partial charge in [0, 0.05) is 29.1 Å². The van der Waals surface area contributed by atoms with Crippen molar-refractivity contribution < 1.29 is 13.9 Å². The van der Waals surface area contributed by atoms with Crippen LogP contribution in [0.5, 0.6) is 5.75 Å². The normalized spacial score (nSPS) is 27.1. The van der Waals surface area contributed by atoms with Crippen LogP contribution in [0, 0.1) is 29.5 Å². The highest BCUT2D eigenvalue weighted by Crippen LogP contribution is 2.61. The minimum Gasteiger partial charge on any atom is -0.490 e. The van der Waals surface area contributed by atoms with Crippen molar-refractivity contribution in [3.63, 3.8) is 0 Å². The average Bonchev–Trinajstić information content (AvgIpc) is 3.71. The molecule has 3 aromatic rings. The van der Waals surface area contributed by atoms with Crippen LogP contribution in [0.4, 0.5) is 10.1 Å². The summed E-state index contributed by atoms with van der Waals surface area (Å²) in [6.45, 7) is 2.03. The topological polar surface area (TPSA) is 64.1 Å². The molecule has 0 radical (unpaired) electrons. The molecule has 0 aliphatic heterocycles. The van der Waals surface area contributed by atoms with Crippen molar-refractivity contribution in [2.24, 2.45) is 23.7 Å². The summed E-state index contributed by atoms with van der Waals surface area (Å²) in [6, 6.07) is 10.4. The summed E-state index contributed by atoms with van der Waals surface area (Å²) in [7, 11) is 0. The highest BCUT2D eigenvalue weighted by molar-refractivity contribution is 5.92. The summed E-state index contributed by atoms with van der Waals surface area (Å²) < 4.78 is 20.0. The Morgan fingerprint density at radius 1 is 1.12 bits per heavy atom. The van der Waals surface area contributed by atoms with E-state index in [1.54, 1.807) is 18.5 Å². The standard InChI is InChI=1S/C26H26FN3O2/c1-14(26(31)30-17-5-7-22(29-13-17)15-2-3-15)25-19-11-18(12-20(19)25)32-24-8-9-28-23-6-4-16(27)10-21(23)24/h4-10,13-15,18-20,25H,2-3,11-12H2,1H3,(H,30,31)/t14?,18?,19-,20+,25?. The molecule has 0 spiro atoms. The summed E-state index contributed by atoms with van der Waals surface area (Å²) >= 11 is 0. The number of carbonyl (C=O) groups excluding carboxylic acids is 1. The van der Waals surface area contributed by atoms with Gasteiger partial charge in [0.25, 0.3) is 0 Å². The lowest BCUT2D eigenvalue weighted by atomic mass is 9.97. The van der Waals surface area contributed by atoms with Gasteiger partial charge in [0.05, 0.1) is 23.5 Å². The Morgan fingerprint density at radius 3 is 2.66 bits per heavy atom. The molecule has 5 nitrogen and oxygen atoms in total. The maximum Gasteiger partial charge on any atom is 0.227 e. The van der Waals surface area contributed by atoms with Crippen molar-refractivity contribution >= 4 is 22.5 Å². The Bertz CT molecular complexity index is 1170. The molecule has 32 heavy (non-hydrogen) atoms. The Labute approximate surface area is 186 Å². The second kappa shape index (κ2) is 7.54. The number of fused-ring (bicyclic) bond motifs is 2. The molecule has 3 saturated carbocycles. The molecule has 1 N–H and O–H groups in total. The SMILES string of the molecule is CC(C(=O)Nc1ccc(C2CC2)nc1)C1[C@H]2CC(Oc3ccnc4ccc(F)cc34)C[C@@H]12. The number of rotatable bonds is 6. The Morgan fingerprint density at radius 2 is 1.94 bits per heavy atom. The van der Waals surface area contributed by atoms with Crippen molar-refractivity contribution in [2.75, 3.05) is 5.32 Å². The van der Waals surface area contributed by atoms with Crippen LogP contribution in [0.1, 0.15) is 44.2 Å². The van der Waals surface area contributed by atoms with E-state index < -0.39 is 0 Å². The minimum atomic E-state index is -0.290. The fourth-order valence-electron chi connectivity index (χ4n) is 5.59. The molecule has 6 rings (SSSR count). The summed E-state index contributed by atoms with van der Waals surface area (Å²) in [6.07, 6.45) is 7.89. The van der Waals surface area contributed by atoms with Crippen LogP contribution in [0.2, 0.25) is 0 Å². The van der Waals surface area contributed by atoms with E-state index >= 15 is 0 Å². The fraction of sp³-hybridized carbons (Fsp3) is 0.423. The maximum atomic E-state index is 13.7. The van der Waals surface area contributed by atoms with E-state index in [1.807, 2.05) is 25.1 Å². The van der Waals surface area contributed by atoms with Gasteiger partial charge < -0.3 is 10.1 Å². The number of ether oxygens (including phenoxy) is 1. The molecule has 6 heteroatoms. The molecular formula is C26H26FN3O2. The molecule has 164 valence electrons. The van der Waals surface area contributed by atoms with E-state index in [0.717, 1.165) is 29.7 Å². The van der Waals surface area contributed by atoms with Gasteiger partial charge in [-0.1, -0.05) is 6.92 Å². The van der Waals surface area contributed by atoms with Crippen LogP contribution in [-0.4, -0.2) is 22.0 Å². The highest BCUT2D eigenvalue weighted by atomic mass is 19.1. The van der Waals surface area contributed by atoms with Crippen LogP contribution < -0.4 is 10.1 Å². The zero-order chi connectivity index (χ0) is 21.8. The van der Waals surface area contributed by atoms with E-state index in [1.165, 1.54) is 25.0 Å². The van der Waals surface area contributed by atoms with E-state index in [0.29, 0.717) is 34.8 Å². The number of halogens is 1. The van der Waals surface area contributed by atoms with Crippen LogP contribution in [0.15, 0.2) is 48.8 Å². The smallest absolute Gasteiger partial charge is 0.227 e. The molecule has 1 amide bonds. The average molecular weight is 432 g/mol. The fourth-order valence-corrected chi connectivity index (χ4v) is 5.59. The molecule has 5 atom stereocenters. The molecule has 3 fully saturated rings. The van der Waals surface area contributed by atoms with Gasteiger partial charge in [-0.2, -0.15) is 0 Å². The van der Waals surface area contributed by atoms with Gasteiger partial charge in [0.15, 0.2) is 0 Å². The van der Waals surface area contributed by atoms with E-state index in [2.05, 4.69) is 15.3 Å². The zero-order valence-corrected chi connectivity index (χ0v) is 18.0. The van der Waals surface area contributed by atoms with Gasteiger partial charge >= 0.3 is 0 Å². The van der Waals surface area contributed by atoms with Crippen LogP contribution >= 0.6 is 0 Å². The summed E-state index contributed by atoms with van der Waals surface area (Å²) in [4.78, 5) is 21.6. The summed E-state index contributed by atoms with van der Waals surface area (Å²) in [5.41, 5.74) is 2.63. The Hall–Kier alpha value is -3.02. The summed E-state index contributed by atoms with van der Waals surface area (Å²) in [5, 5.41) is 3.75. The minimum absolute atomic E-state index is 0.0371. The molecule has 3 aliphatic carbocycles. The van der Waals surface area contributed by atoms with Crippen LogP contribution in [0.25, 0.3) is 10.9 Å². The molecule has 3 aliphatic rings. The predicted octanol–water partition coefficient (Wildman–Crippen LogP) is 5.32. The number of hydrogen-bond acceptors (Lipinski definition) is 4. The van der Waals surface area contributed by atoms with Crippen molar-refractivity contribution in [3.8, 4) is 5.75 Å². The third kappa shape index (κ3) is 3.61. The molecule has 0 saturated heterocycles. The number of aromatic nitrogens is 2. The van der Waals surface area contributed by atoms with Gasteiger partial charge in [-0.05, 0) is 79.8 Å². The Balaban J connectivity index is 1.05. The number of benzene rings is 1. The molecule has 2 heterocycles. The number of pyridine rings is 2. The van der Waals surface area contributed by atoms with Gasteiger partial charge in [-0.3, -0.25) is 14.8 Å². The van der Waals surface area contributed by atoms with Crippen molar-refractivity contribution in [2.45, 2.75) is 44.6 Å². The highest BCUT2D eigenvalue weighted by Gasteiger charge is 2.59. The lowest BCUT2D eigenvalue weighted by molar-refractivity contribution is -0.120. The van der Waals surface area contributed by atoms with Crippen LogP contribution in [0.3, 0.4) is 0 Å². The van der Waals surface area contributed by atoms with E-state index in [9.17, 15) is 9.18 Å². The largest absolute Gasteiger partial charge is 0.490 e. The van der Waals surface area contributed by atoms with Crippen molar-refractivity contribution in [3.05, 3.63) is 60.3 Å². The maximum absolute atomic E-state index is 13.7. The first kappa shape index (κ1) is 19.6. The van der Waals surface area contributed by atoms with Gasteiger partial charge in [-0.25, -0.2) is 4.39 Å². The summed E-state index contributed by atoms with van der Waals surface area (Å²) in [5.74, 6) is 2.47. The zero-order valence-electron chi connectivity index (χ0n) is 18.0. The van der Waals surface area contributed by atoms with E-state index in [4.69, 9.17) is 4.74 Å². The predicted molar refractivity (Wildman–Crippen MR) is 120 cm³/mol. The molecule has 3 unspecified atom stereocenters. The van der Waals surface area contributed by atoms with Gasteiger partial charge in [-0.15, -0.1) is 0 Å². The van der Waals surface area contributed by atoms with Crippen molar-refractivity contribution in [1.82, 2.24) is 9.97 Å². The van der Waals surface area contributed by atoms with Crippen LogP contribution in [-0.2, 0) is 4.79 Å². The first-order valence-corrected chi connectivity index (χ1v) is 11.5. The molecule has 2 aromatic heterocycles. The first-order chi connectivity index (χ1) is 15.6. The lowest BCUT2D eigenvalue weighted by Gasteiger charge is -2.20. The quantitative estimate of drug-likeness (QED) is 0.573. The monoisotopic (exact) mass is 431 g/mol. The number of hydrogen-bond donors (Lipinski definition) is 1.